The Balaban J connectivity index is 3.19. The predicted molar refractivity (Wildman–Crippen MR) is 59.2 cm³/mol. The van der Waals surface area contributed by atoms with Gasteiger partial charge in [0.25, 0.3) is 5.60 Å². The number of hydrogen-bond acceptors (Lipinski definition) is 2. The van der Waals surface area contributed by atoms with E-state index in [-0.39, 0.29) is 0 Å². The molecule has 0 radical (unpaired) electrons. The Bertz CT molecular complexity index is 408. The van der Waals surface area contributed by atoms with Crippen LogP contribution in [-0.4, -0.2) is 39.9 Å². The first-order valence-electron chi connectivity index (χ1n) is 6.61. The molecular weight excluding hydrogens is 347 g/mol. The SMILES string of the molecule is CC(O)(C1CCCC(C(O)(C(F)(F)F)C(F)(F)F)C1)C(F)(F)F. The van der Waals surface area contributed by atoms with Crippen molar-refractivity contribution in [2.45, 2.75) is 62.3 Å². The van der Waals surface area contributed by atoms with Crippen LogP contribution in [0.3, 0.4) is 0 Å². The summed E-state index contributed by atoms with van der Waals surface area (Å²) in [4.78, 5) is 0. The average molecular weight is 362 g/mol. The number of rotatable bonds is 2. The van der Waals surface area contributed by atoms with Crippen LogP contribution in [0.15, 0.2) is 0 Å². The summed E-state index contributed by atoms with van der Waals surface area (Å²) in [5.74, 6) is -4.40. The van der Waals surface area contributed by atoms with Crippen LogP contribution >= 0.6 is 0 Å². The van der Waals surface area contributed by atoms with Crippen LogP contribution in [0.5, 0.6) is 0 Å². The molecule has 0 aliphatic heterocycles. The number of hydrogen-bond donors (Lipinski definition) is 2. The van der Waals surface area contributed by atoms with E-state index in [2.05, 4.69) is 0 Å². The molecule has 0 bridgehead atoms. The maximum atomic E-state index is 12.8. The van der Waals surface area contributed by atoms with Crippen LogP contribution in [0, 0.1) is 11.8 Å². The van der Waals surface area contributed by atoms with Gasteiger partial charge in [-0.05, 0) is 32.1 Å². The summed E-state index contributed by atoms with van der Waals surface area (Å²) >= 11 is 0. The van der Waals surface area contributed by atoms with Crippen molar-refractivity contribution < 1.29 is 49.7 Å². The predicted octanol–water partition coefficient (Wildman–Crippen LogP) is 3.96. The van der Waals surface area contributed by atoms with Gasteiger partial charge in [-0.2, -0.15) is 39.5 Å². The van der Waals surface area contributed by atoms with E-state index in [1.165, 1.54) is 0 Å². The zero-order chi connectivity index (χ0) is 18.5. The second kappa shape index (κ2) is 5.68. The van der Waals surface area contributed by atoms with Crippen LogP contribution in [0.4, 0.5) is 39.5 Å². The van der Waals surface area contributed by atoms with Gasteiger partial charge in [-0.25, -0.2) is 0 Å². The summed E-state index contributed by atoms with van der Waals surface area (Å²) in [6.45, 7) is 0.306. The molecular formula is C12H15F9O2. The van der Waals surface area contributed by atoms with Gasteiger partial charge in [0.05, 0.1) is 0 Å². The quantitative estimate of drug-likeness (QED) is 0.730. The maximum absolute atomic E-state index is 12.8. The second-order valence-corrected chi connectivity index (χ2v) is 5.97. The molecule has 0 aromatic carbocycles. The lowest BCUT2D eigenvalue weighted by Crippen LogP contribution is -2.63. The molecule has 0 heterocycles. The van der Waals surface area contributed by atoms with E-state index in [0.717, 1.165) is 0 Å². The zero-order valence-corrected chi connectivity index (χ0v) is 11.8. The number of aliphatic hydroxyl groups is 2. The van der Waals surface area contributed by atoms with E-state index in [9.17, 15) is 49.7 Å². The van der Waals surface area contributed by atoms with Crippen molar-refractivity contribution in [3.05, 3.63) is 0 Å². The Hall–Kier alpha value is -0.710. The Kier molecular flexibility index (Phi) is 5.02. The van der Waals surface area contributed by atoms with E-state index in [0.29, 0.717) is 6.92 Å². The normalized spacial score (nSPS) is 27.7. The third-order valence-electron chi connectivity index (χ3n) is 4.50. The van der Waals surface area contributed by atoms with Crippen LogP contribution < -0.4 is 0 Å². The molecule has 0 saturated heterocycles. The van der Waals surface area contributed by atoms with Crippen LogP contribution in [-0.2, 0) is 0 Å². The van der Waals surface area contributed by atoms with Gasteiger partial charge in [-0.15, -0.1) is 0 Å². The molecule has 1 aliphatic carbocycles. The lowest BCUT2D eigenvalue weighted by molar-refractivity contribution is -0.389. The standard InChI is InChI=1S/C12H15F9O2/c1-8(22,10(13,14)15)6-3-2-4-7(5-6)9(23,11(16,17)18)12(19,20)21/h6-7,22-23H,2-5H2,1H3. The topological polar surface area (TPSA) is 40.5 Å². The third kappa shape index (κ3) is 3.40. The highest BCUT2D eigenvalue weighted by molar-refractivity contribution is 5.03. The minimum absolute atomic E-state index is 0.306. The zero-order valence-electron chi connectivity index (χ0n) is 11.8. The molecule has 138 valence electrons. The van der Waals surface area contributed by atoms with E-state index in [1.807, 2.05) is 0 Å². The monoisotopic (exact) mass is 362 g/mol. The number of alkyl halides is 9. The van der Waals surface area contributed by atoms with E-state index < -0.39 is 67.3 Å². The fraction of sp³-hybridized carbons (Fsp3) is 1.00. The van der Waals surface area contributed by atoms with Crippen LogP contribution in [0.2, 0.25) is 0 Å². The van der Waals surface area contributed by atoms with Gasteiger partial charge >= 0.3 is 18.5 Å². The van der Waals surface area contributed by atoms with Crippen molar-refractivity contribution in [1.29, 1.82) is 0 Å². The van der Waals surface area contributed by atoms with Crippen molar-refractivity contribution in [3.63, 3.8) is 0 Å². The molecule has 1 saturated carbocycles. The average Bonchev–Trinajstić information content (AvgIpc) is 2.33. The van der Waals surface area contributed by atoms with Gasteiger partial charge in [0.2, 0.25) is 0 Å². The van der Waals surface area contributed by atoms with Crippen molar-refractivity contribution >= 4 is 0 Å². The van der Waals surface area contributed by atoms with Gasteiger partial charge in [-0.3, -0.25) is 0 Å². The third-order valence-corrected chi connectivity index (χ3v) is 4.50. The second-order valence-electron chi connectivity index (χ2n) is 5.97. The summed E-state index contributed by atoms with van der Waals surface area (Å²) in [5, 5.41) is 18.8. The molecule has 0 spiro atoms. The highest BCUT2D eigenvalue weighted by atomic mass is 19.4. The van der Waals surface area contributed by atoms with Crippen molar-refractivity contribution in [2.75, 3.05) is 0 Å². The van der Waals surface area contributed by atoms with E-state index in [4.69, 9.17) is 0 Å². The molecule has 3 unspecified atom stereocenters. The van der Waals surface area contributed by atoms with E-state index >= 15 is 0 Å². The first-order valence-corrected chi connectivity index (χ1v) is 6.61. The van der Waals surface area contributed by atoms with Gasteiger partial charge in [-0.1, -0.05) is 6.42 Å². The molecule has 0 aromatic heterocycles. The summed E-state index contributed by atoms with van der Waals surface area (Å²) in [7, 11) is 0. The summed E-state index contributed by atoms with van der Waals surface area (Å²) in [5.41, 5.74) is -8.55. The molecule has 2 nitrogen and oxygen atoms in total. The molecule has 1 aliphatic rings. The molecule has 1 fully saturated rings. The first-order chi connectivity index (χ1) is 9.96. The van der Waals surface area contributed by atoms with Gasteiger partial charge < -0.3 is 10.2 Å². The molecule has 23 heavy (non-hydrogen) atoms. The fourth-order valence-electron chi connectivity index (χ4n) is 2.93. The molecule has 1 rings (SSSR count). The largest absolute Gasteiger partial charge is 0.426 e. The van der Waals surface area contributed by atoms with E-state index in [1.54, 1.807) is 0 Å². The Morgan fingerprint density at radius 1 is 0.696 bits per heavy atom. The smallest absolute Gasteiger partial charge is 0.380 e. The molecule has 3 atom stereocenters. The van der Waals surface area contributed by atoms with Crippen molar-refractivity contribution in [2.24, 2.45) is 11.8 Å². The lowest BCUT2D eigenvalue weighted by atomic mass is 9.67. The van der Waals surface area contributed by atoms with Crippen molar-refractivity contribution in [3.8, 4) is 0 Å². The van der Waals surface area contributed by atoms with Crippen LogP contribution in [0.1, 0.15) is 32.6 Å². The Morgan fingerprint density at radius 2 is 1.09 bits per heavy atom. The Labute approximate surface area is 125 Å². The minimum atomic E-state index is -6.10. The van der Waals surface area contributed by atoms with Gasteiger partial charge in [0.1, 0.15) is 0 Å². The van der Waals surface area contributed by atoms with Gasteiger partial charge in [0, 0.05) is 5.92 Å². The minimum Gasteiger partial charge on any atom is -0.380 e. The highest BCUT2D eigenvalue weighted by Crippen LogP contribution is 2.54. The Morgan fingerprint density at radius 3 is 1.43 bits per heavy atom. The molecule has 2 N–H and O–H groups in total. The van der Waals surface area contributed by atoms with Gasteiger partial charge in [0.15, 0.2) is 5.60 Å². The molecule has 0 amide bonds. The lowest BCUT2D eigenvalue weighted by Gasteiger charge is -2.45. The number of halogens is 9. The van der Waals surface area contributed by atoms with Crippen LogP contribution in [0.25, 0.3) is 0 Å². The summed E-state index contributed by atoms with van der Waals surface area (Å²) in [6.07, 6.45) is -20.2. The maximum Gasteiger partial charge on any atom is 0.426 e. The first kappa shape index (κ1) is 20.3. The van der Waals surface area contributed by atoms with Crippen molar-refractivity contribution in [1.82, 2.24) is 0 Å². The fourth-order valence-corrected chi connectivity index (χ4v) is 2.93. The molecule has 11 heteroatoms. The summed E-state index contributed by atoms with van der Waals surface area (Å²) < 4.78 is 115. The summed E-state index contributed by atoms with van der Waals surface area (Å²) in [6, 6.07) is 0. The highest BCUT2D eigenvalue weighted by Gasteiger charge is 2.74. The molecule has 0 aromatic rings.